The number of aromatic nitrogens is 1. The van der Waals surface area contributed by atoms with Crippen molar-refractivity contribution in [3.05, 3.63) is 106 Å². The van der Waals surface area contributed by atoms with Crippen LogP contribution in [0.15, 0.2) is 94.5 Å². The molecule has 6 heteroatoms. The third-order valence-electron chi connectivity index (χ3n) is 5.09. The van der Waals surface area contributed by atoms with Crippen LogP contribution in [0, 0.1) is 6.92 Å². The number of fused-ring (bicyclic) bond motifs is 2. The Hall–Kier alpha value is -3.35. The second kappa shape index (κ2) is 8.65. The number of rotatable bonds is 4. The van der Waals surface area contributed by atoms with Gasteiger partial charge in [0.05, 0.1) is 16.4 Å². The van der Waals surface area contributed by atoms with E-state index in [1.165, 1.54) is 16.3 Å². The molecule has 4 aromatic carbocycles. The Balaban J connectivity index is 1.58. The molecule has 0 N–H and O–H groups in total. The van der Waals surface area contributed by atoms with Crippen LogP contribution in [0.5, 0.6) is 0 Å². The number of hydrogen-bond acceptors (Lipinski definition) is 4. The average molecular weight is 500 g/mol. The molecule has 32 heavy (non-hydrogen) atoms. The molecule has 0 fully saturated rings. The van der Waals surface area contributed by atoms with Crippen molar-refractivity contribution >= 4 is 65.5 Å². The van der Waals surface area contributed by atoms with Crippen molar-refractivity contribution in [1.82, 2.24) is 4.98 Å². The van der Waals surface area contributed by atoms with Crippen molar-refractivity contribution < 1.29 is 4.79 Å². The Labute approximate surface area is 198 Å². The second-order valence-corrected chi connectivity index (χ2v) is 9.37. The molecule has 0 unspecified atom stereocenters. The van der Waals surface area contributed by atoms with Crippen LogP contribution >= 0.6 is 27.3 Å². The van der Waals surface area contributed by atoms with Crippen molar-refractivity contribution in [2.24, 2.45) is 5.10 Å². The summed E-state index contributed by atoms with van der Waals surface area (Å²) in [5.41, 5.74) is 3.46. The SMILES string of the molecule is Cc1ccc2nc(N(/N=C/c3ccc(Br)cc3)C(=O)c3ccc4ccccc4c3)sc2c1. The fraction of sp³-hybridized carbons (Fsp3) is 0.0385. The number of hydrogen-bond donors (Lipinski definition) is 0. The van der Waals surface area contributed by atoms with Crippen LogP contribution in [0.4, 0.5) is 5.13 Å². The summed E-state index contributed by atoms with van der Waals surface area (Å²) in [6.45, 7) is 2.04. The van der Waals surface area contributed by atoms with Crippen molar-refractivity contribution in [3.8, 4) is 0 Å². The molecule has 1 amide bonds. The van der Waals surface area contributed by atoms with Gasteiger partial charge in [0.2, 0.25) is 5.13 Å². The summed E-state index contributed by atoms with van der Waals surface area (Å²) < 4.78 is 2.01. The van der Waals surface area contributed by atoms with Gasteiger partial charge < -0.3 is 0 Å². The number of carbonyl (C=O) groups is 1. The van der Waals surface area contributed by atoms with Gasteiger partial charge in [-0.05, 0) is 65.2 Å². The van der Waals surface area contributed by atoms with E-state index < -0.39 is 0 Å². The molecule has 0 aliphatic rings. The van der Waals surface area contributed by atoms with E-state index in [-0.39, 0.29) is 5.91 Å². The van der Waals surface area contributed by atoms with Gasteiger partial charge in [-0.2, -0.15) is 10.1 Å². The molecular weight excluding hydrogens is 482 g/mol. The first kappa shape index (κ1) is 20.5. The Morgan fingerprint density at radius 1 is 0.969 bits per heavy atom. The molecule has 1 aromatic heterocycles. The number of amides is 1. The van der Waals surface area contributed by atoms with Gasteiger partial charge >= 0.3 is 0 Å². The molecule has 1 heterocycles. The van der Waals surface area contributed by atoms with E-state index in [9.17, 15) is 4.79 Å². The number of anilines is 1. The van der Waals surface area contributed by atoms with Crippen LogP contribution in [-0.2, 0) is 0 Å². The average Bonchev–Trinajstić information content (AvgIpc) is 3.22. The van der Waals surface area contributed by atoms with Gasteiger partial charge in [-0.15, -0.1) is 0 Å². The first-order chi connectivity index (χ1) is 15.6. The topological polar surface area (TPSA) is 45.6 Å². The Kier molecular flexibility index (Phi) is 5.55. The van der Waals surface area contributed by atoms with E-state index in [0.29, 0.717) is 10.7 Å². The number of hydrazone groups is 1. The van der Waals surface area contributed by atoms with Gasteiger partial charge in [0.25, 0.3) is 5.91 Å². The molecule has 0 bridgehead atoms. The molecule has 0 saturated carbocycles. The Morgan fingerprint density at radius 2 is 1.75 bits per heavy atom. The van der Waals surface area contributed by atoms with Crippen LogP contribution < -0.4 is 5.01 Å². The van der Waals surface area contributed by atoms with Gasteiger partial charge in [0.15, 0.2) is 0 Å². The fourth-order valence-electron chi connectivity index (χ4n) is 3.42. The van der Waals surface area contributed by atoms with E-state index >= 15 is 0 Å². The smallest absolute Gasteiger partial charge is 0.267 e. The Morgan fingerprint density at radius 3 is 2.56 bits per heavy atom. The molecule has 5 aromatic rings. The summed E-state index contributed by atoms with van der Waals surface area (Å²) in [6, 6.07) is 27.5. The van der Waals surface area contributed by atoms with Gasteiger partial charge in [-0.1, -0.05) is 75.8 Å². The maximum Gasteiger partial charge on any atom is 0.280 e. The van der Waals surface area contributed by atoms with Crippen LogP contribution in [0.25, 0.3) is 21.0 Å². The van der Waals surface area contributed by atoms with Gasteiger partial charge in [0, 0.05) is 10.0 Å². The molecule has 156 valence electrons. The molecule has 0 radical (unpaired) electrons. The van der Waals surface area contributed by atoms with E-state index in [1.54, 1.807) is 6.21 Å². The molecule has 0 spiro atoms. The highest BCUT2D eigenvalue weighted by molar-refractivity contribution is 9.10. The van der Waals surface area contributed by atoms with E-state index in [4.69, 9.17) is 4.98 Å². The van der Waals surface area contributed by atoms with Crippen LogP contribution in [0.2, 0.25) is 0 Å². The lowest BCUT2D eigenvalue weighted by Gasteiger charge is -2.14. The van der Waals surface area contributed by atoms with Crippen LogP contribution in [0.3, 0.4) is 0 Å². The number of carbonyl (C=O) groups excluding carboxylic acids is 1. The van der Waals surface area contributed by atoms with E-state index in [2.05, 4.69) is 27.1 Å². The standard InChI is InChI=1S/C26H18BrN3OS/c1-17-6-13-23-24(14-17)32-26(29-23)30(28-16-18-7-11-22(27)12-8-18)25(31)21-10-9-19-4-2-3-5-20(19)15-21/h2-16H,1H3/b28-16+. The largest absolute Gasteiger partial charge is 0.280 e. The minimum Gasteiger partial charge on any atom is -0.267 e. The van der Waals surface area contributed by atoms with Crippen LogP contribution in [-0.4, -0.2) is 17.1 Å². The minimum absolute atomic E-state index is 0.222. The third kappa shape index (κ3) is 4.20. The normalized spacial score (nSPS) is 11.4. The highest BCUT2D eigenvalue weighted by Gasteiger charge is 2.21. The summed E-state index contributed by atoms with van der Waals surface area (Å²) >= 11 is 4.90. The highest BCUT2D eigenvalue weighted by atomic mass is 79.9. The maximum atomic E-state index is 13.6. The zero-order chi connectivity index (χ0) is 22.1. The number of thiazole rings is 1. The third-order valence-corrected chi connectivity index (χ3v) is 6.62. The van der Waals surface area contributed by atoms with Crippen molar-refractivity contribution in [2.75, 3.05) is 5.01 Å². The second-order valence-electron chi connectivity index (χ2n) is 7.44. The Bertz CT molecular complexity index is 1470. The zero-order valence-electron chi connectivity index (χ0n) is 17.2. The summed E-state index contributed by atoms with van der Waals surface area (Å²) in [7, 11) is 0. The molecule has 5 rings (SSSR count). The minimum atomic E-state index is -0.222. The molecule has 0 aliphatic heterocycles. The van der Waals surface area contributed by atoms with Gasteiger partial charge in [0.1, 0.15) is 0 Å². The lowest BCUT2D eigenvalue weighted by Crippen LogP contribution is -2.25. The van der Waals surface area contributed by atoms with E-state index in [0.717, 1.165) is 36.6 Å². The first-order valence-electron chi connectivity index (χ1n) is 10.1. The van der Waals surface area contributed by atoms with Crippen molar-refractivity contribution in [1.29, 1.82) is 0 Å². The molecule has 0 aliphatic carbocycles. The first-order valence-corrected chi connectivity index (χ1v) is 11.7. The van der Waals surface area contributed by atoms with Gasteiger partial charge in [-0.25, -0.2) is 4.98 Å². The quantitative estimate of drug-likeness (QED) is 0.194. The fourth-order valence-corrected chi connectivity index (χ4v) is 4.70. The molecule has 4 nitrogen and oxygen atoms in total. The lowest BCUT2D eigenvalue weighted by atomic mass is 10.1. The van der Waals surface area contributed by atoms with Crippen LogP contribution in [0.1, 0.15) is 21.5 Å². The number of benzene rings is 4. The number of halogens is 1. The van der Waals surface area contributed by atoms with Crippen molar-refractivity contribution in [2.45, 2.75) is 6.92 Å². The zero-order valence-corrected chi connectivity index (χ0v) is 19.6. The molecule has 0 atom stereocenters. The van der Waals surface area contributed by atoms with Crippen molar-refractivity contribution in [3.63, 3.8) is 0 Å². The predicted octanol–water partition coefficient (Wildman–Crippen LogP) is 7.20. The summed E-state index contributed by atoms with van der Waals surface area (Å²) in [5.74, 6) is -0.222. The number of aryl methyl sites for hydroxylation is 1. The number of nitrogens with zero attached hydrogens (tertiary/aromatic N) is 3. The van der Waals surface area contributed by atoms with Gasteiger partial charge in [-0.3, -0.25) is 4.79 Å². The highest BCUT2D eigenvalue weighted by Crippen LogP contribution is 2.31. The molecular formula is C26H18BrN3OS. The molecule has 0 saturated heterocycles. The summed E-state index contributed by atoms with van der Waals surface area (Å²) in [6.07, 6.45) is 1.68. The predicted molar refractivity (Wildman–Crippen MR) is 137 cm³/mol. The lowest BCUT2D eigenvalue weighted by molar-refractivity contribution is 0.0988. The van der Waals surface area contributed by atoms with E-state index in [1.807, 2.05) is 85.8 Å². The monoisotopic (exact) mass is 499 g/mol. The maximum absolute atomic E-state index is 13.6. The summed E-state index contributed by atoms with van der Waals surface area (Å²) in [5, 5.41) is 8.59. The summed E-state index contributed by atoms with van der Waals surface area (Å²) in [4.78, 5) is 18.3.